The first-order chi connectivity index (χ1) is 12.9. The Labute approximate surface area is 162 Å². The molecule has 2 aromatic carbocycles. The van der Waals surface area contributed by atoms with Crippen LogP contribution in [0.4, 0.5) is 5.69 Å². The molecule has 1 N–H and O–H groups in total. The Hall–Kier alpha value is -3.05. The molecule has 0 saturated carbocycles. The molecule has 1 aromatic heterocycles. The number of amides is 1. The van der Waals surface area contributed by atoms with E-state index in [-0.39, 0.29) is 5.91 Å². The zero-order valence-corrected chi connectivity index (χ0v) is 15.7. The molecule has 1 amide bonds. The summed E-state index contributed by atoms with van der Waals surface area (Å²) in [5.74, 6) is 1.65. The summed E-state index contributed by atoms with van der Waals surface area (Å²) in [5, 5.41) is 3.46. The normalized spacial score (nSPS) is 10.9. The van der Waals surface area contributed by atoms with E-state index in [1.807, 2.05) is 0 Å². The van der Waals surface area contributed by atoms with Gasteiger partial charge in [0.2, 0.25) is 0 Å². The van der Waals surface area contributed by atoms with E-state index in [1.165, 1.54) is 0 Å². The molecular weight excluding hydrogens is 364 g/mol. The van der Waals surface area contributed by atoms with E-state index in [0.717, 1.165) is 0 Å². The number of halogens is 1. The second-order valence-electron chi connectivity index (χ2n) is 6.33. The number of benzene rings is 2. The number of pyridine rings is 1. The number of carbonyl (C=O) groups excluding carboxylic acids is 1. The molecule has 0 unspecified atom stereocenters. The molecule has 0 fully saturated rings. The number of aromatic nitrogens is 1. The van der Waals surface area contributed by atoms with Crippen molar-refractivity contribution >= 4 is 23.2 Å². The van der Waals surface area contributed by atoms with E-state index in [9.17, 15) is 4.79 Å². The number of rotatable bonds is 6. The third-order valence-electron chi connectivity index (χ3n) is 3.73. The lowest BCUT2D eigenvalue weighted by atomic mass is 10.1. The van der Waals surface area contributed by atoms with Crippen LogP contribution in [0.1, 0.15) is 13.8 Å². The fourth-order valence-corrected chi connectivity index (χ4v) is 2.40. The van der Waals surface area contributed by atoms with Crippen LogP contribution in [0.5, 0.6) is 17.2 Å². The average Bonchev–Trinajstić information content (AvgIpc) is 2.66. The first kappa shape index (κ1) is 18.7. The van der Waals surface area contributed by atoms with E-state index in [4.69, 9.17) is 21.1 Å². The Morgan fingerprint density at radius 1 is 0.889 bits per heavy atom. The maximum atomic E-state index is 12.5. The van der Waals surface area contributed by atoms with Gasteiger partial charge in [0.05, 0.1) is 0 Å². The second-order valence-corrected chi connectivity index (χ2v) is 6.77. The molecule has 0 aliphatic carbocycles. The van der Waals surface area contributed by atoms with Gasteiger partial charge in [-0.1, -0.05) is 11.6 Å². The van der Waals surface area contributed by atoms with Crippen molar-refractivity contribution in [1.29, 1.82) is 0 Å². The SMILES string of the molecule is CC(C)(Oc1ccc(Oc2ccc(Cl)cc2)cc1)C(=O)Nc1ccncc1. The quantitative estimate of drug-likeness (QED) is 0.626. The van der Waals surface area contributed by atoms with E-state index < -0.39 is 5.60 Å². The number of anilines is 1. The summed E-state index contributed by atoms with van der Waals surface area (Å²) in [4.78, 5) is 16.4. The molecule has 138 valence electrons. The lowest BCUT2D eigenvalue weighted by Gasteiger charge is -2.25. The fourth-order valence-electron chi connectivity index (χ4n) is 2.27. The number of ether oxygens (including phenoxy) is 2. The molecule has 0 atom stereocenters. The van der Waals surface area contributed by atoms with Gasteiger partial charge in [-0.2, -0.15) is 0 Å². The van der Waals surface area contributed by atoms with E-state index in [1.54, 1.807) is 86.9 Å². The summed E-state index contributed by atoms with van der Waals surface area (Å²) in [6.45, 7) is 3.42. The van der Waals surface area contributed by atoms with Crippen LogP contribution < -0.4 is 14.8 Å². The predicted octanol–water partition coefficient (Wildman–Crippen LogP) is 5.32. The molecule has 27 heavy (non-hydrogen) atoms. The molecule has 0 bridgehead atoms. The summed E-state index contributed by atoms with van der Waals surface area (Å²) in [6, 6.07) is 17.6. The molecule has 5 nitrogen and oxygen atoms in total. The number of nitrogens with one attached hydrogen (secondary N) is 1. The Bertz CT molecular complexity index is 895. The maximum absolute atomic E-state index is 12.5. The van der Waals surface area contributed by atoms with Crippen molar-refractivity contribution in [3.05, 3.63) is 78.1 Å². The summed E-state index contributed by atoms with van der Waals surface area (Å²) >= 11 is 5.87. The van der Waals surface area contributed by atoms with Crippen LogP contribution in [0, 0.1) is 0 Å². The summed E-state index contributed by atoms with van der Waals surface area (Å²) < 4.78 is 11.6. The van der Waals surface area contributed by atoms with Gasteiger partial charge in [-0.25, -0.2) is 0 Å². The molecule has 0 saturated heterocycles. The molecule has 0 aliphatic heterocycles. The molecule has 3 aromatic rings. The van der Waals surface area contributed by atoms with Crippen molar-refractivity contribution in [2.45, 2.75) is 19.4 Å². The largest absolute Gasteiger partial charge is 0.478 e. The summed E-state index contributed by atoms with van der Waals surface area (Å²) in [5.41, 5.74) is -0.389. The van der Waals surface area contributed by atoms with Crippen molar-refractivity contribution in [2.24, 2.45) is 0 Å². The van der Waals surface area contributed by atoms with Crippen LogP contribution in [-0.2, 0) is 4.79 Å². The molecule has 3 rings (SSSR count). The summed E-state index contributed by atoms with van der Waals surface area (Å²) in [7, 11) is 0. The van der Waals surface area contributed by atoms with Gasteiger partial charge in [-0.3, -0.25) is 9.78 Å². The molecular formula is C21H19ClN2O3. The minimum atomic E-state index is -1.05. The fraction of sp³-hybridized carbons (Fsp3) is 0.143. The molecule has 1 heterocycles. The molecule has 0 aliphatic rings. The zero-order chi connectivity index (χ0) is 19.3. The van der Waals surface area contributed by atoms with Crippen LogP contribution in [0.25, 0.3) is 0 Å². The smallest absolute Gasteiger partial charge is 0.267 e. The monoisotopic (exact) mass is 382 g/mol. The van der Waals surface area contributed by atoms with Crippen LogP contribution in [0.3, 0.4) is 0 Å². The van der Waals surface area contributed by atoms with E-state index >= 15 is 0 Å². The zero-order valence-electron chi connectivity index (χ0n) is 15.0. The van der Waals surface area contributed by atoms with Crippen molar-refractivity contribution < 1.29 is 14.3 Å². The highest BCUT2D eigenvalue weighted by Gasteiger charge is 2.30. The first-order valence-electron chi connectivity index (χ1n) is 8.36. The van der Waals surface area contributed by atoms with Crippen molar-refractivity contribution in [1.82, 2.24) is 4.98 Å². The van der Waals surface area contributed by atoms with E-state index in [2.05, 4.69) is 10.3 Å². The maximum Gasteiger partial charge on any atom is 0.267 e. The number of nitrogens with zero attached hydrogens (tertiary/aromatic N) is 1. The summed E-state index contributed by atoms with van der Waals surface area (Å²) in [6.07, 6.45) is 3.23. The van der Waals surface area contributed by atoms with Crippen LogP contribution in [0.15, 0.2) is 73.1 Å². The standard InChI is InChI=1S/C21H19ClN2O3/c1-21(2,20(25)24-16-11-13-23-14-12-16)27-19-9-7-18(8-10-19)26-17-5-3-15(22)4-6-17/h3-14H,1-2H3,(H,23,24,25). The Balaban J connectivity index is 1.62. The lowest BCUT2D eigenvalue weighted by molar-refractivity contribution is -0.128. The molecule has 0 spiro atoms. The predicted molar refractivity (Wildman–Crippen MR) is 106 cm³/mol. The topological polar surface area (TPSA) is 60.5 Å². The lowest BCUT2D eigenvalue weighted by Crippen LogP contribution is -2.42. The Morgan fingerprint density at radius 2 is 1.41 bits per heavy atom. The highest BCUT2D eigenvalue weighted by Crippen LogP contribution is 2.27. The van der Waals surface area contributed by atoms with Gasteiger partial charge >= 0.3 is 0 Å². The Kier molecular flexibility index (Phi) is 5.62. The minimum Gasteiger partial charge on any atom is -0.478 e. The van der Waals surface area contributed by atoms with Crippen LogP contribution in [0.2, 0.25) is 5.02 Å². The highest BCUT2D eigenvalue weighted by atomic mass is 35.5. The first-order valence-corrected chi connectivity index (χ1v) is 8.74. The third kappa shape index (κ3) is 5.21. The van der Waals surface area contributed by atoms with Crippen molar-refractivity contribution in [3.63, 3.8) is 0 Å². The molecule has 0 radical (unpaired) electrons. The number of hydrogen-bond donors (Lipinski definition) is 1. The van der Waals surface area contributed by atoms with Gasteiger partial charge in [0.25, 0.3) is 5.91 Å². The van der Waals surface area contributed by atoms with Gasteiger partial charge in [-0.05, 0) is 74.5 Å². The highest BCUT2D eigenvalue weighted by molar-refractivity contribution is 6.30. The second kappa shape index (κ2) is 8.10. The Morgan fingerprint density at radius 3 is 2.00 bits per heavy atom. The van der Waals surface area contributed by atoms with Gasteiger partial charge < -0.3 is 14.8 Å². The minimum absolute atomic E-state index is 0.254. The van der Waals surface area contributed by atoms with Crippen LogP contribution in [-0.4, -0.2) is 16.5 Å². The van der Waals surface area contributed by atoms with Gasteiger partial charge in [0.1, 0.15) is 17.2 Å². The molecule has 6 heteroatoms. The van der Waals surface area contributed by atoms with Crippen molar-refractivity contribution in [3.8, 4) is 17.2 Å². The van der Waals surface area contributed by atoms with Crippen LogP contribution >= 0.6 is 11.6 Å². The number of hydrogen-bond acceptors (Lipinski definition) is 4. The van der Waals surface area contributed by atoms with E-state index in [0.29, 0.717) is 28.0 Å². The van der Waals surface area contributed by atoms with Gasteiger partial charge in [0, 0.05) is 23.1 Å². The third-order valence-corrected chi connectivity index (χ3v) is 3.98. The van der Waals surface area contributed by atoms with Crippen molar-refractivity contribution in [2.75, 3.05) is 5.32 Å². The van der Waals surface area contributed by atoms with Gasteiger partial charge in [-0.15, -0.1) is 0 Å². The number of carbonyl (C=O) groups is 1. The average molecular weight is 383 g/mol. The van der Waals surface area contributed by atoms with Gasteiger partial charge in [0.15, 0.2) is 5.60 Å².